The molecule has 3 heterocycles. The number of amides is 2. The first-order valence-electron chi connectivity index (χ1n) is 9.21. The third-order valence-corrected chi connectivity index (χ3v) is 5.52. The van der Waals surface area contributed by atoms with Crippen LogP contribution in [0.2, 0.25) is 0 Å². The lowest BCUT2D eigenvalue weighted by atomic mass is 9.73. The lowest BCUT2D eigenvalue weighted by Crippen LogP contribution is -2.53. The number of pyridine rings is 1. The Morgan fingerprint density at radius 2 is 2.00 bits per heavy atom. The maximum Gasteiger partial charge on any atom is 0.230 e. The molecule has 0 radical (unpaired) electrons. The van der Waals surface area contributed by atoms with Gasteiger partial charge in [0.05, 0.1) is 17.5 Å². The minimum absolute atomic E-state index is 0.0365. The number of nitrogens with one attached hydrogen (secondary N) is 2. The summed E-state index contributed by atoms with van der Waals surface area (Å²) in [4.78, 5) is 38.2. The summed E-state index contributed by atoms with van der Waals surface area (Å²) in [6.07, 6.45) is 8.13. The molecule has 3 aliphatic rings. The molecule has 4 rings (SSSR count). The standard InChI is InChI=1S/C19H23N5O2/c1-19-7-3-2-4-14(19)18(26)22-15(24-19)10-13-11-16(25)23-17(21-13)12-5-8-20-9-6-12/h5-6,8-9,13-14H,2-4,7,10-11H2,1H3,(H,21,23,25)(H,22,24,26)/t13?,14-,19-/m0/s1. The number of hydrogen-bond acceptors (Lipinski definition) is 5. The van der Waals surface area contributed by atoms with Crippen LogP contribution < -0.4 is 10.6 Å². The van der Waals surface area contributed by atoms with Crippen LogP contribution in [0.1, 0.15) is 51.0 Å². The van der Waals surface area contributed by atoms with Crippen molar-refractivity contribution in [1.82, 2.24) is 15.6 Å². The highest BCUT2D eigenvalue weighted by atomic mass is 16.2. The molecule has 0 aromatic carbocycles. The fourth-order valence-corrected chi connectivity index (χ4v) is 4.18. The maximum atomic E-state index is 12.5. The molecule has 7 heteroatoms. The first-order chi connectivity index (χ1) is 12.5. The van der Waals surface area contributed by atoms with E-state index >= 15 is 0 Å². The normalized spacial score (nSPS) is 31.3. The zero-order chi connectivity index (χ0) is 18.1. The number of carbonyl (C=O) groups is 2. The fraction of sp³-hybridized carbons (Fsp3) is 0.526. The molecule has 2 aliphatic heterocycles. The van der Waals surface area contributed by atoms with Crippen molar-refractivity contribution < 1.29 is 9.59 Å². The Kier molecular flexibility index (Phi) is 4.30. The Morgan fingerprint density at radius 3 is 2.81 bits per heavy atom. The molecule has 136 valence electrons. The predicted molar refractivity (Wildman–Crippen MR) is 97.9 cm³/mol. The van der Waals surface area contributed by atoms with Gasteiger partial charge in [0.15, 0.2) is 0 Å². The minimum Gasteiger partial charge on any atom is -0.314 e. The molecule has 0 saturated heterocycles. The molecule has 0 bridgehead atoms. The van der Waals surface area contributed by atoms with Crippen LogP contribution in [0.5, 0.6) is 0 Å². The topological polar surface area (TPSA) is 95.8 Å². The molecule has 2 amide bonds. The molecule has 3 atom stereocenters. The first-order valence-corrected chi connectivity index (χ1v) is 9.21. The second-order valence-electron chi connectivity index (χ2n) is 7.53. The van der Waals surface area contributed by atoms with Crippen molar-refractivity contribution >= 4 is 23.5 Å². The van der Waals surface area contributed by atoms with Gasteiger partial charge in [0.1, 0.15) is 11.7 Å². The Hall–Kier alpha value is -2.57. The summed E-state index contributed by atoms with van der Waals surface area (Å²) in [5.41, 5.74) is 0.511. The molecule has 1 aliphatic carbocycles. The van der Waals surface area contributed by atoms with Crippen molar-refractivity contribution in [1.29, 1.82) is 0 Å². The average Bonchev–Trinajstić information content (AvgIpc) is 2.61. The van der Waals surface area contributed by atoms with Gasteiger partial charge in [-0.05, 0) is 31.9 Å². The van der Waals surface area contributed by atoms with Gasteiger partial charge in [-0.25, -0.2) is 0 Å². The quantitative estimate of drug-likeness (QED) is 0.863. The zero-order valence-electron chi connectivity index (χ0n) is 14.9. The molecular formula is C19H23N5O2. The molecule has 26 heavy (non-hydrogen) atoms. The van der Waals surface area contributed by atoms with E-state index in [2.05, 4.69) is 27.5 Å². The van der Waals surface area contributed by atoms with E-state index in [0.29, 0.717) is 24.5 Å². The van der Waals surface area contributed by atoms with E-state index in [4.69, 9.17) is 4.99 Å². The Labute approximate surface area is 152 Å². The molecule has 1 unspecified atom stereocenters. The predicted octanol–water partition coefficient (Wildman–Crippen LogP) is 1.58. The van der Waals surface area contributed by atoms with Crippen LogP contribution >= 0.6 is 0 Å². The van der Waals surface area contributed by atoms with E-state index in [1.807, 2.05) is 12.1 Å². The summed E-state index contributed by atoms with van der Waals surface area (Å²) < 4.78 is 0. The lowest BCUT2D eigenvalue weighted by molar-refractivity contribution is -0.127. The monoisotopic (exact) mass is 353 g/mol. The van der Waals surface area contributed by atoms with Crippen LogP contribution in [-0.2, 0) is 9.59 Å². The van der Waals surface area contributed by atoms with Crippen molar-refractivity contribution in [3.05, 3.63) is 30.1 Å². The van der Waals surface area contributed by atoms with Crippen molar-refractivity contribution in [2.75, 3.05) is 0 Å². The average molecular weight is 353 g/mol. The van der Waals surface area contributed by atoms with E-state index < -0.39 is 0 Å². The number of fused-ring (bicyclic) bond motifs is 1. The second-order valence-corrected chi connectivity index (χ2v) is 7.53. The van der Waals surface area contributed by atoms with Gasteiger partial charge in [-0.1, -0.05) is 12.8 Å². The smallest absolute Gasteiger partial charge is 0.230 e. The molecule has 0 spiro atoms. The molecule has 1 saturated carbocycles. The summed E-state index contributed by atoms with van der Waals surface area (Å²) in [7, 11) is 0. The summed E-state index contributed by atoms with van der Waals surface area (Å²) >= 11 is 0. The van der Waals surface area contributed by atoms with Gasteiger partial charge in [-0.2, -0.15) is 0 Å². The first kappa shape index (κ1) is 16.9. The third-order valence-electron chi connectivity index (χ3n) is 5.52. The summed E-state index contributed by atoms with van der Waals surface area (Å²) in [5.74, 6) is 1.17. The van der Waals surface area contributed by atoms with Crippen molar-refractivity contribution in [2.24, 2.45) is 15.9 Å². The fourth-order valence-electron chi connectivity index (χ4n) is 4.18. The van der Waals surface area contributed by atoms with E-state index in [9.17, 15) is 9.59 Å². The number of carbonyl (C=O) groups excluding carboxylic acids is 2. The van der Waals surface area contributed by atoms with Crippen molar-refractivity contribution in [3.8, 4) is 0 Å². The Bertz CT molecular complexity index is 788. The van der Waals surface area contributed by atoms with Crippen LogP contribution in [0.15, 0.2) is 34.5 Å². The third kappa shape index (κ3) is 3.25. The van der Waals surface area contributed by atoms with Gasteiger partial charge in [-0.3, -0.25) is 24.6 Å². The van der Waals surface area contributed by atoms with Crippen molar-refractivity contribution in [3.63, 3.8) is 0 Å². The van der Waals surface area contributed by atoms with Crippen LogP contribution in [0, 0.1) is 5.92 Å². The van der Waals surface area contributed by atoms with Gasteiger partial charge in [0.25, 0.3) is 0 Å². The van der Waals surface area contributed by atoms with Gasteiger partial charge >= 0.3 is 0 Å². The number of rotatable bonds is 3. The molecule has 1 aromatic rings. The van der Waals surface area contributed by atoms with Gasteiger partial charge in [0.2, 0.25) is 11.8 Å². The second kappa shape index (κ2) is 6.63. The molecule has 1 aromatic heterocycles. The highest BCUT2D eigenvalue weighted by Gasteiger charge is 2.44. The lowest BCUT2D eigenvalue weighted by Gasteiger charge is -2.41. The minimum atomic E-state index is -0.315. The van der Waals surface area contributed by atoms with Crippen LogP contribution in [-0.4, -0.2) is 40.1 Å². The van der Waals surface area contributed by atoms with Gasteiger partial charge in [0, 0.05) is 30.8 Å². The van der Waals surface area contributed by atoms with Crippen molar-refractivity contribution in [2.45, 2.75) is 57.0 Å². The zero-order valence-corrected chi connectivity index (χ0v) is 14.9. The van der Waals surface area contributed by atoms with E-state index in [1.165, 1.54) is 0 Å². The van der Waals surface area contributed by atoms with Gasteiger partial charge in [-0.15, -0.1) is 0 Å². The number of aliphatic imine (C=N–C) groups is 2. The summed E-state index contributed by atoms with van der Waals surface area (Å²) in [5, 5.41) is 5.78. The Morgan fingerprint density at radius 1 is 1.19 bits per heavy atom. The SMILES string of the molecule is C[C@]12CCCC[C@H]1C(=O)NC(CC1CC(=O)NC(c3ccncc3)=N1)=N2. The number of nitrogens with zero attached hydrogens (tertiary/aromatic N) is 3. The number of hydrogen-bond donors (Lipinski definition) is 2. The number of aromatic nitrogens is 1. The van der Waals surface area contributed by atoms with E-state index in [0.717, 1.165) is 31.2 Å². The Balaban J connectivity index is 1.56. The van der Waals surface area contributed by atoms with Crippen LogP contribution in [0.25, 0.3) is 0 Å². The van der Waals surface area contributed by atoms with Gasteiger partial charge < -0.3 is 10.6 Å². The molecular weight excluding hydrogens is 330 g/mol. The van der Waals surface area contributed by atoms with E-state index in [1.54, 1.807) is 12.4 Å². The van der Waals surface area contributed by atoms with Crippen LogP contribution in [0.3, 0.4) is 0 Å². The highest BCUT2D eigenvalue weighted by molar-refractivity contribution is 6.10. The summed E-state index contributed by atoms with van der Waals surface area (Å²) in [6.45, 7) is 2.08. The molecule has 7 nitrogen and oxygen atoms in total. The highest BCUT2D eigenvalue weighted by Crippen LogP contribution is 2.39. The summed E-state index contributed by atoms with van der Waals surface area (Å²) in [6, 6.07) is 3.40. The number of amidine groups is 2. The molecule has 1 fully saturated rings. The maximum absolute atomic E-state index is 12.5. The van der Waals surface area contributed by atoms with E-state index in [-0.39, 0.29) is 29.3 Å². The van der Waals surface area contributed by atoms with Crippen LogP contribution in [0.4, 0.5) is 0 Å². The largest absolute Gasteiger partial charge is 0.314 e. The molecule has 2 N–H and O–H groups in total.